The second-order valence-corrected chi connectivity index (χ2v) is 9.94. The number of nitrogens with zero attached hydrogens (tertiary/aromatic N) is 2. The van der Waals surface area contributed by atoms with Crippen LogP contribution in [0.3, 0.4) is 0 Å². The maximum Gasteiger partial charge on any atom is 0.248 e. The summed E-state index contributed by atoms with van der Waals surface area (Å²) in [6.45, 7) is 0.375. The zero-order valence-electron chi connectivity index (χ0n) is 18.6. The van der Waals surface area contributed by atoms with E-state index in [-0.39, 0.29) is 35.7 Å². The Kier molecular flexibility index (Phi) is 7.08. The summed E-state index contributed by atoms with van der Waals surface area (Å²) in [5.41, 5.74) is 6.04. The van der Waals surface area contributed by atoms with Crippen LogP contribution in [0.5, 0.6) is 11.6 Å². The second-order valence-electron chi connectivity index (χ2n) is 8.00. The number of sulfonamides is 1. The summed E-state index contributed by atoms with van der Waals surface area (Å²) in [4.78, 5) is 28.2. The Labute approximate surface area is 201 Å². The van der Waals surface area contributed by atoms with E-state index in [4.69, 9.17) is 10.5 Å². The minimum atomic E-state index is -3.74. The third-order valence-electron chi connectivity index (χ3n) is 5.62. The average molecular weight is 499 g/mol. The fourth-order valence-electron chi connectivity index (χ4n) is 3.71. The molecule has 1 saturated heterocycles. The van der Waals surface area contributed by atoms with Crippen molar-refractivity contribution in [2.24, 2.45) is 11.7 Å². The predicted molar refractivity (Wildman–Crippen MR) is 126 cm³/mol. The summed E-state index contributed by atoms with van der Waals surface area (Å²) in [6.07, 6.45) is 2.16. The summed E-state index contributed by atoms with van der Waals surface area (Å²) in [5, 5.41) is 2.79. The van der Waals surface area contributed by atoms with Gasteiger partial charge in [0.1, 0.15) is 11.6 Å². The molecule has 1 aromatic heterocycles. The number of nitrogens with two attached hydrogens (primary N) is 1. The predicted octanol–water partition coefficient (Wildman–Crippen LogP) is 3.15. The number of carbonyl (C=O) groups is 2. The van der Waals surface area contributed by atoms with Gasteiger partial charge in [-0.3, -0.25) is 9.59 Å². The maximum absolute atomic E-state index is 13.1. The Morgan fingerprint density at radius 2 is 1.77 bits per heavy atom. The summed E-state index contributed by atoms with van der Waals surface area (Å²) in [5.74, 6) is -1.00. The van der Waals surface area contributed by atoms with E-state index >= 15 is 0 Å². The molecule has 182 valence electrons. The van der Waals surface area contributed by atoms with E-state index in [1.54, 1.807) is 30.3 Å². The molecular weight excluding hydrogens is 475 g/mol. The molecule has 1 fully saturated rings. The number of primary amides is 1. The molecule has 2 heterocycles. The van der Waals surface area contributed by atoms with E-state index in [9.17, 15) is 22.4 Å². The SMILES string of the molecule is NC(=O)c1cccc(Oc2ccc(NC(=O)C3CCN(S(=O)(=O)c4ccc(F)cc4)CC3)cn2)c1. The van der Waals surface area contributed by atoms with Crippen molar-refractivity contribution in [3.63, 3.8) is 0 Å². The molecule has 0 aliphatic carbocycles. The van der Waals surface area contributed by atoms with Crippen molar-refractivity contribution >= 4 is 27.5 Å². The van der Waals surface area contributed by atoms with Crippen molar-refractivity contribution in [2.45, 2.75) is 17.7 Å². The lowest BCUT2D eigenvalue weighted by atomic mass is 9.97. The number of piperidine rings is 1. The lowest BCUT2D eigenvalue weighted by molar-refractivity contribution is -0.120. The van der Waals surface area contributed by atoms with Gasteiger partial charge in [-0.1, -0.05) is 6.07 Å². The van der Waals surface area contributed by atoms with Crippen molar-refractivity contribution in [3.05, 3.63) is 78.2 Å². The Balaban J connectivity index is 1.31. The number of hydrogen-bond acceptors (Lipinski definition) is 6. The van der Waals surface area contributed by atoms with Gasteiger partial charge in [-0.2, -0.15) is 4.31 Å². The highest BCUT2D eigenvalue weighted by Crippen LogP contribution is 2.26. The Bertz CT molecular complexity index is 1320. The van der Waals surface area contributed by atoms with E-state index in [0.717, 1.165) is 12.1 Å². The van der Waals surface area contributed by atoms with Crippen LogP contribution in [0.15, 0.2) is 71.8 Å². The fourth-order valence-corrected chi connectivity index (χ4v) is 5.18. The highest BCUT2D eigenvalue weighted by atomic mass is 32.2. The molecule has 3 N–H and O–H groups in total. The number of carbonyl (C=O) groups excluding carboxylic acids is 2. The number of benzene rings is 2. The van der Waals surface area contributed by atoms with Crippen molar-refractivity contribution in [3.8, 4) is 11.6 Å². The summed E-state index contributed by atoms with van der Waals surface area (Å²) < 4.78 is 45.5. The minimum Gasteiger partial charge on any atom is -0.439 e. The standard InChI is InChI=1S/C24H23FN4O5S/c25-18-4-7-21(8-5-18)35(32,33)29-12-10-16(11-13-29)24(31)28-19-6-9-22(27-15-19)34-20-3-1-2-17(14-20)23(26)30/h1-9,14-16H,10-13H2,(H2,26,30)(H,28,31). The topological polar surface area (TPSA) is 132 Å². The van der Waals surface area contributed by atoms with Crippen LogP contribution in [0.25, 0.3) is 0 Å². The number of amides is 2. The summed E-state index contributed by atoms with van der Waals surface area (Å²) >= 11 is 0. The first-order chi connectivity index (χ1) is 16.7. The van der Waals surface area contributed by atoms with E-state index in [1.807, 2.05) is 0 Å². The zero-order valence-corrected chi connectivity index (χ0v) is 19.4. The van der Waals surface area contributed by atoms with Crippen LogP contribution in [0.1, 0.15) is 23.2 Å². The number of rotatable bonds is 7. The van der Waals surface area contributed by atoms with Gasteiger partial charge in [0.25, 0.3) is 0 Å². The highest BCUT2D eigenvalue weighted by Gasteiger charge is 2.32. The van der Waals surface area contributed by atoms with Crippen molar-refractivity contribution in [1.82, 2.24) is 9.29 Å². The van der Waals surface area contributed by atoms with Crippen LogP contribution in [-0.4, -0.2) is 42.6 Å². The number of halogens is 1. The lowest BCUT2D eigenvalue weighted by Gasteiger charge is -2.30. The van der Waals surface area contributed by atoms with Gasteiger partial charge in [0, 0.05) is 30.6 Å². The highest BCUT2D eigenvalue weighted by molar-refractivity contribution is 7.89. The van der Waals surface area contributed by atoms with E-state index in [0.29, 0.717) is 29.8 Å². The Hall–Kier alpha value is -3.83. The number of anilines is 1. The number of ether oxygens (including phenoxy) is 1. The third kappa shape index (κ3) is 5.81. The molecule has 0 saturated carbocycles. The molecule has 1 aliphatic rings. The van der Waals surface area contributed by atoms with Crippen LogP contribution in [0, 0.1) is 11.7 Å². The maximum atomic E-state index is 13.1. The lowest BCUT2D eigenvalue weighted by Crippen LogP contribution is -2.41. The molecule has 0 spiro atoms. The molecule has 2 aromatic carbocycles. The average Bonchev–Trinajstić information content (AvgIpc) is 2.86. The fraction of sp³-hybridized carbons (Fsp3) is 0.208. The second kappa shape index (κ2) is 10.2. The first-order valence-electron chi connectivity index (χ1n) is 10.8. The first-order valence-corrected chi connectivity index (χ1v) is 12.3. The van der Waals surface area contributed by atoms with Crippen LogP contribution < -0.4 is 15.8 Å². The van der Waals surface area contributed by atoms with E-state index in [1.165, 1.54) is 28.7 Å². The van der Waals surface area contributed by atoms with Gasteiger partial charge >= 0.3 is 0 Å². The third-order valence-corrected chi connectivity index (χ3v) is 7.53. The number of nitrogens with one attached hydrogen (secondary N) is 1. The van der Waals surface area contributed by atoms with Crippen molar-refractivity contribution < 1.29 is 27.1 Å². The zero-order chi connectivity index (χ0) is 25.0. The van der Waals surface area contributed by atoms with Gasteiger partial charge in [0.15, 0.2) is 0 Å². The van der Waals surface area contributed by atoms with Gasteiger partial charge in [0.2, 0.25) is 27.7 Å². The van der Waals surface area contributed by atoms with Gasteiger partial charge < -0.3 is 15.8 Å². The van der Waals surface area contributed by atoms with Crippen LogP contribution in [0.4, 0.5) is 10.1 Å². The molecule has 9 nitrogen and oxygen atoms in total. The van der Waals surface area contributed by atoms with Gasteiger partial charge in [0.05, 0.1) is 16.8 Å². The molecule has 2 amide bonds. The van der Waals surface area contributed by atoms with Crippen LogP contribution in [0.2, 0.25) is 0 Å². The molecule has 1 aliphatic heterocycles. The molecule has 35 heavy (non-hydrogen) atoms. The molecule has 3 aromatic rings. The number of hydrogen-bond donors (Lipinski definition) is 2. The van der Waals surface area contributed by atoms with Crippen molar-refractivity contribution in [1.29, 1.82) is 0 Å². The Morgan fingerprint density at radius 3 is 2.40 bits per heavy atom. The van der Waals surface area contributed by atoms with Gasteiger partial charge in [-0.05, 0) is 61.4 Å². The van der Waals surface area contributed by atoms with E-state index < -0.39 is 21.7 Å². The van der Waals surface area contributed by atoms with Gasteiger partial charge in [-0.15, -0.1) is 0 Å². The van der Waals surface area contributed by atoms with Crippen molar-refractivity contribution in [2.75, 3.05) is 18.4 Å². The van der Waals surface area contributed by atoms with Crippen LogP contribution >= 0.6 is 0 Å². The normalized spacial score (nSPS) is 14.9. The van der Waals surface area contributed by atoms with E-state index in [2.05, 4.69) is 10.3 Å². The molecule has 0 bridgehead atoms. The molecule has 0 atom stereocenters. The number of pyridine rings is 1. The molecule has 11 heteroatoms. The number of aromatic nitrogens is 1. The monoisotopic (exact) mass is 498 g/mol. The molecular formula is C24H23FN4O5S. The largest absolute Gasteiger partial charge is 0.439 e. The molecule has 0 radical (unpaired) electrons. The first kappa shape index (κ1) is 24.3. The minimum absolute atomic E-state index is 0.0246. The quantitative estimate of drug-likeness (QED) is 0.514. The smallest absolute Gasteiger partial charge is 0.248 e. The molecule has 0 unspecified atom stereocenters. The van der Waals surface area contributed by atoms with Gasteiger partial charge in [-0.25, -0.2) is 17.8 Å². The Morgan fingerprint density at radius 1 is 1.06 bits per heavy atom. The summed E-state index contributed by atoms with van der Waals surface area (Å²) in [7, 11) is -3.74. The summed E-state index contributed by atoms with van der Waals surface area (Å²) in [6, 6.07) is 14.3. The molecule has 4 rings (SSSR count). The van der Waals surface area contributed by atoms with Crippen LogP contribution in [-0.2, 0) is 14.8 Å².